The van der Waals surface area contributed by atoms with Crippen LogP contribution in [0.3, 0.4) is 0 Å². The fraction of sp³-hybridized carbons (Fsp3) is 0.375. The highest BCUT2D eigenvalue weighted by atomic mass is 16.7. The van der Waals surface area contributed by atoms with E-state index in [1.165, 1.54) is 5.06 Å². The standard InChI is InChI=1S/C16H15NO5/c18-8-11-12-6-7-13(14(15(11)19)16(20)21)17(12)22-9-10-4-2-1-3-5-10/h1-5,12-14H,6-7,9H2,(H,20,21)/t12-,13+,14?/m0/s1. The number of rotatable bonds is 4. The highest BCUT2D eigenvalue weighted by Gasteiger charge is 2.54. The van der Waals surface area contributed by atoms with Crippen molar-refractivity contribution in [1.29, 1.82) is 0 Å². The lowest BCUT2D eigenvalue weighted by molar-refractivity contribution is -0.214. The molecule has 6 heteroatoms. The van der Waals surface area contributed by atoms with E-state index in [9.17, 15) is 19.5 Å². The Hall–Kier alpha value is -2.27. The number of carboxylic acid groups (broad SMARTS) is 1. The van der Waals surface area contributed by atoms with Gasteiger partial charge in [0.1, 0.15) is 11.9 Å². The molecule has 2 aliphatic rings. The maximum absolute atomic E-state index is 12.1. The summed E-state index contributed by atoms with van der Waals surface area (Å²) in [5.74, 6) is -1.49. The summed E-state index contributed by atoms with van der Waals surface area (Å²) >= 11 is 0. The number of hydroxylamine groups is 2. The maximum atomic E-state index is 12.1. The lowest BCUT2D eigenvalue weighted by Gasteiger charge is -2.36. The summed E-state index contributed by atoms with van der Waals surface area (Å²) in [7, 11) is 0. The van der Waals surface area contributed by atoms with Crippen molar-refractivity contribution in [2.24, 2.45) is 5.92 Å². The van der Waals surface area contributed by atoms with Crippen LogP contribution in [0.4, 0.5) is 0 Å². The zero-order valence-electron chi connectivity index (χ0n) is 11.8. The Morgan fingerprint density at radius 2 is 2.05 bits per heavy atom. The van der Waals surface area contributed by atoms with E-state index in [0.717, 1.165) is 5.56 Å². The summed E-state index contributed by atoms with van der Waals surface area (Å²) in [5.41, 5.74) is 0.816. The first-order chi connectivity index (χ1) is 10.6. The van der Waals surface area contributed by atoms with E-state index in [1.54, 1.807) is 5.94 Å². The van der Waals surface area contributed by atoms with E-state index in [2.05, 4.69) is 0 Å². The molecule has 3 rings (SSSR count). The molecule has 1 aromatic rings. The van der Waals surface area contributed by atoms with E-state index >= 15 is 0 Å². The third-order valence-electron chi connectivity index (χ3n) is 4.23. The largest absolute Gasteiger partial charge is 0.481 e. The van der Waals surface area contributed by atoms with Crippen LogP contribution in [0.5, 0.6) is 0 Å². The summed E-state index contributed by atoms with van der Waals surface area (Å²) in [6.07, 6.45) is 1.03. The Labute approximate surface area is 126 Å². The summed E-state index contributed by atoms with van der Waals surface area (Å²) in [6.45, 7) is 0.264. The smallest absolute Gasteiger partial charge is 0.316 e. The molecule has 0 aromatic heterocycles. The number of carbonyl (C=O) groups excluding carboxylic acids is 2. The van der Waals surface area contributed by atoms with Crippen molar-refractivity contribution in [1.82, 2.24) is 5.06 Å². The second-order valence-electron chi connectivity index (χ2n) is 5.48. The molecule has 22 heavy (non-hydrogen) atoms. The van der Waals surface area contributed by atoms with E-state index < -0.39 is 29.8 Å². The lowest BCUT2D eigenvalue weighted by Crippen LogP contribution is -2.53. The van der Waals surface area contributed by atoms with Crippen LogP contribution in [0.2, 0.25) is 0 Å². The predicted molar refractivity (Wildman–Crippen MR) is 75.2 cm³/mol. The summed E-state index contributed by atoms with van der Waals surface area (Å²) in [6, 6.07) is 8.41. The monoisotopic (exact) mass is 301 g/mol. The van der Waals surface area contributed by atoms with Crippen LogP contribution in [0.1, 0.15) is 18.4 Å². The van der Waals surface area contributed by atoms with Gasteiger partial charge >= 0.3 is 5.97 Å². The second-order valence-corrected chi connectivity index (χ2v) is 5.48. The van der Waals surface area contributed by atoms with Crippen molar-refractivity contribution in [2.45, 2.75) is 31.5 Å². The summed E-state index contributed by atoms with van der Waals surface area (Å²) in [4.78, 5) is 40.3. The van der Waals surface area contributed by atoms with Gasteiger partial charge in [-0.25, -0.2) is 4.79 Å². The van der Waals surface area contributed by atoms with Crippen LogP contribution < -0.4 is 0 Å². The van der Waals surface area contributed by atoms with Crippen molar-refractivity contribution in [3.8, 4) is 0 Å². The maximum Gasteiger partial charge on any atom is 0.316 e. The number of fused-ring (bicyclic) bond motifs is 2. The van der Waals surface area contributed by atoms with E-state index in [0.29, 0.717) is 12.8 Å². The van der Waals surface area contributed by atoms with Crippen LogP contribution >= 0.6 is 0 Å². The molecule has 0 aliphatic carbocycles. The summed E-state index contributed by atoms with van der Waals surface area (Å²) < 4.78 is 0. The third-order valence-corrected chi connectivity index (χ3v) is 4.23. The highest BCUT2D eigenvalue weighted by Crippen LogP contribution is 2.40. The fourth-order valence-electron chi connectivity index (χ4n) is 3.21. The molecule has 0 amide bonds. The number of benzene rings is 1. The zero-order valence-corrected chi connectivity index (χ0v) is 11.8. The van der Waals surface area contributed by atoms with Gasteiger partial charge < -0.3 is 5.11 Å². The molecular weight excluding hydrogens is 286 g/mol. The number of nitrogens with zero attached hydrogens (tertiary/aromatic N) is 1. The van der Waals surface area contributed by atoms with Gasteiger partial charge in [-0.05, 0) is 18.4 Å². The SMILES string of the molecule is O=C=C1C(=O)C(C(=O)O)[C@H]2CC[C@@H]1N2OCc1ccccc1. The molecule has 6 nitrogen and oxygen atoms in total. The van der Waals surface area contributed by atoms with Gasteiger partial charge in [0.05, 0.1) is 24.3 Å². The molecule has 2 heterocycles. The average molecular weight is 301 g/mol. The number of hydrogen-bond acceptors (Lipinski definition) is 5. The van der Waals surface area contributed by atoms with Gasteiger partial charge in [-0.1, -0.05) is 30.3 Å². The molecule has 0 radical (unpaired) electrons. The minimum atomic E-state index is -1.26. The molecular formula is C16H15NO5. The van der Waals surface area contributed by atoms with Gasteiger partial charge in [0.15, 0.2) is 5.78 Å². The number of ketones is 1. The molecule has 2 fully saturated rings. The van der Waals surface area contributed by atoms with E-state index in [1.807, 2.05) is 30.3 Å². The van der Waals surface area contributed by atoms with Gasteiger partial charge in [-0.2, -0.15) is 5.06 Å². The van der Waals surface area contributed by atoms with E-state index in [-0.39, 0.29) is 12.2 Å². The number of Topliss-reactive ketones (excluding diaryl/α,β-unsaturated/α-hetero) is 1. The Bertz CT molecular complexity index is 650. The Morgan fingerprint density at radius 3 is 2.68 bits per heavy atom. The van der Waals surface area contributed by atoms with Crippen molar-refractivity contribution < 1.29 is 24.3 Å². The number of aliphatic carboxylic acids is 1. The topological polar surface area (TPSA) is 83.9 Å². The molecule has 2 saturated heterocycles. The van der Waals surface area contributed by atoms with Gasteiger partial charge in [0, 0.05) is 0 Å². The van der Waals surface area contributed by atoms with Gasteiger partial charge in [-0.3, -0.25) is 14.4 Å². The number of carboxylic acids is 1. The van der Waals surface area contributed by atoms with Gasteiger partial charge in [0.25, 0.3) is 0 Å². The normalized spacial score (nSPS) is 27.7. The van der Waals surface area contributed by atoms with Crippen molar-refractivity contribution in [3.05, 3.63) is 41.5 Å². The number of piperidine rings is 1. The molecule has 3 atom stereocenters. The lowest BCUT2D eigenvalue weighted by atomic mass is 9.87. The predicted octanol–water partition coefficient (Wildman–Crippen LogP) is 0.993. The molecule has 2 aliphatic heterocycles. The first-order valence-corrected chi connectivity index (χ1v) is 7.10. The highest BCUT2D eigenvalue weighted by molar-refractivity contribution is 6.14. The molecule has 1 aromatic carbocycles. The average Bonchev–Trinajstić information content (AvgIpc) is 2.83. The quantitative estimate of drug-likeness (QED) is 0.507. The zero-order chi connectivity index (χ0) is 15.7. The first-order valence-electron chi connectivity index (χ1n) is 7.10. The molecule has 114 valence electrons. The molecule has 2 bridgehead atoms. The van der Waals surface area contributed by atoms with Crippen molar-refractivity contribution in [3.63, 3.8) is 0 Å². The van der Waals surface area contributed by atoms with Crippen LogP contribution in [0.15, 0.2) is 35.9 Å². The van der Waals surface area contributed by atoms with Gasteiger partial charge in [-0.15, -0.1) is 0 Å². The minimum absolute atomic E-state index is 0.116. The molecule has 1 unspecified atom stereocenters. The summed E-state index contributed by atoms with van der Waals surface area (Å²) in [5, 5.41) is 10.8. The van der Waals surface area contributed by atoms with Crippen molar-refractivity contribution >= 4 is 17.7 Å². The Balaban J connectivity index is 1.83. The third kappa shape index (κ3) is 2.37. The van der Waals surface area contributed by atoms with Crippen LogP contribution in [0, 0.1) is 5.92 Å². The molecule has 0 saturated carbocycles. The Kier molecular flexibility index (Phi) is 3.90. The first kappa shape index (κ1) is 14.7. The van der Waals surface area contributed by atoms with Crippen molar-refractivity contribution in [2.75, 3.05) is 0 Å². The minimum Gasteiger partial charge on any atom is -0.481 e. The number of carbonyl (C=O) groups is 2. The molecule has 1 N–H and O–H groups in total. The van der Waals surface area contributed by atoms with Crippen LogP contribution in [0.25, 0.3) is 0 Å². The van der Waals surface area contributed by atoms with Gasteiger partial charge in [0.2, 0.25) is 0 Å². The van der Waals surface area contributed by atoms with E-state index in [4.69, 9.17) is 4.84 Å². The second kappa shape index (κ2) is 5.85. The van der Waals surface area contributed by atoms with Crippen LogP contribution in [-0.2, 0) is 25.8 Å². The fourth-order valence-corrected chi connectivity index (χ4v) is 3.21. The Morgan fingerprint density at radius 1 is 1.32 bits per heavy atom. The molecule has 0 spiro atoms. The number of hydrogen-bond donors (Lipinski definition) is 1. The van der Waals surface area contributed by atoms with Crippen LogP contribution in [-0.4, -0.2) is 39.9 Å².